The molecule has 4 aromatic rings. The first-order valence-electron chi connectivity index (χ1n) is 11.9. The molecule has 0 spiro atoms. The molecule has 4 heterocycles. The van der Waals surface area contributed by atoms with Crippen molar-refractivity contribution in [2.75, 3.05) is 13.1 Å². The summed E-state index contributed by atoms with van der Waals surface area (Å²) in [6.07, 6.45) is 3.52. The first-order chi connectivity index (χ1) is 16.9. The molecule has 0 N–H and O–H groups in total. The van der Waals surface area contributed by atoms with Gasteiger partial charge < -0.3 is 4.90 Å². The highest BCUT2D eigenvalue weighted by molar-refractivity contribution is 5.87. The van der Waals surface area contributed by atoms with Crippen LogP contribution in [0.15, 0.2) is 48.8 Å². The van der Waals surface area contributed by atoms with Crippen LogP contribution in [0.4, 0.5) is 8.78 Å². The Hall–Kier alpha value is -3.62. The number of amides is 1. The molecule has 0 unspecified atom stereocenters. The zero-order valence-corrected chi connectivity index (χ0v) is 19.9. The average molecular weight is 479 g/mol. The second-order valence-corrected chi connectivity index (χ2v) is 9.26. The lowest BCUT2D eigenvalue weighted by Gasteiger charge is -2.32. The van der Waals surface area contributed by atoms with Crippen LogP contribution in [-0.4, -0.2) is 48.4 Å². The number of fused-ring (bicyclic) bond motifs is 1. The Bertz CT molecular complexity index is 1340. The van der Waals surface area contributed by atoms with E-state index in [1.54, 1.807) is 31.0 Å². The quantitative estimate of drug-likeness (QED) is 0.408. The van der Waals surface area contributed by atoms with Crippen molar-refractivity contribution < 1.29 is 13.6 Å². The third-order valence-corrected chi connectivity index (χ3v) is 6.76. The molecule has 1 amide bonds. The van der Waals surface area contributed by atoms with Gasteiger partial charge in [-0.3, -0.25) is 9.48 Å². The SMILES string of the molecule is Cc1nn(CC(=O)N2CCC(Cc3ccccc3)CC2)c2nc(-c3cnn(C)c3)cc(C(F)F)c12. The van der Waals surface area contributed by atoms with E-state index in [1.165, 1.54) is 16.3 Å². The molecule has 182 valence electrons. The Morgan fingerprint density at radius 2 is 1.91 bits per heavy atom. The van der Waals surface area contributed by atoms with Gasteiger partial charge in [0.1, 0.15) is 6.54 Å². The highest BCUT2D eigenvalue weighted by atomic mass is 19.3. The fourth-order valence-electron chi connectivity index (χ4n) is 4.93. The Morgan fingerprint density at radius 1 is 1.17 bits per heavy atom. The van der Waals surface area contributed by atoms with Crippen molar-refractivity contribution in [1.29, 1.82) is 0 Å². The number of rotatable bonds is 6. The minimum absolute atomic E-state index is 0.0279. The maximum absolute atomic E-state index is 14.0. The van der Waals surface area contributed by atoms with Gasteiger partial charge in [-0.05, 0) is 43.7 Å². The molecule has 1 aliphatic heterocycles. The van der Waals surface area contributed by atoms with E-state index in [4.69, 9.17) is 0 Å². The number of pyridine rings is 1. The number of piperidine rings is 1. The summed E-state index contributed by atoms with van der Waals surface area (Å²) in [7, 11) is 1.76. The van der Waals surface area contributed by atoms with Crippen LogP contribution in [0.5, 0.6) is 0 Å². The zero-order chi connectivity index (χ0) is 24.5. The summed E-state index contributed by atoms with van der Waals surface area (Å²) in [5, 5.41) is 8.86. The van der Waals surface area contributed by atoms with E-state index in [1.807, 2.05) is 11.0 Å². The Kier molecular flexibility index (Phi) is 6.32. The van der Waals surface area contributed by atoms with Crippen LogP contribution in [-0.2, 0) is 24.8 Å². The van der Waals surface area contributed by atoms with E-state index in [-0.39, 0.29) is 18.0 Å². The van der Waals surface area contributed by atoms with Gasteiger partial charge in [-0.2, -0.15) is 10.2 Å². The predicted octanol–water partition coefficient (Wildman–Crippen LogP) is 4.56. The third kappa shape index (κ3) is 4.80. The Balaban J connectivity index is 1.35. The minimum Gasteiger partial charge on any atom is -0.341 e. The number of carbonyl (C=O) groups is 1. The van der Waals surface area contributed by atoms with E-state index in [0.29, 0.717) is 47.0 Å². The summed E-state index contributed by atoms with van der Waals surface area (Å²) in [6, 6.07) is 11.8. The van der Waals surface area contributed by atoms with Gasteiger partial charge in [-0.25, -0.2) is 18.4 Å². The number of benzene rings is 1. The number of alkyl halides is 2. The van der Waals surface area contributed by atoms with E-state index in [2.05, 4.69) is 39.4 Å². The van der Waals surface area contributed by atoms with Crippen LogP contribution in [0.3, 0.4) is 0 Å². The van der Waals surface area contributed by atoms with Gasteiger partial charge in [-0.1, -0.05) is 30.3 Å². The Morgan fingerprint density at radius 3 is 2.57 bits per heavy atom. The molecule has 5 rings (SSSR count). The van der Waals surface area contributed by atoms with E-state index in [0.717, 1.165) is 19.3 Å². The number of aryl methyl sites for hydroxylation is 2. The summed E-state index contributed by atoms with van der Waals surface area (Å²) in [6.45, 7) is 3.02. The van der Waals surface area contributed by atoms with E-state index in [9.17, 15) is 13.6 Å². The fraction of sp³-hybridized carbons (Fsp3) is 0.385. The lowest BCUT2D eigenvalue weighted by Crippen LogP contribution is -2.40. The van der Waals surface area contributed by atoms with Crippen molar-refractivity contribution in [1.82, 2.24) is 29.4 Å². The normalized spacial score (nSPS) is 14.8. The third-order valence-electron chi connectivity index (χ3n) is 6.76. The number of nitrogens with zero attached hydrogens (tertiary/aromatic N) is 6. The zero-order valence-electron chi connectivity index (χ0n) is 19.9. The molecule has 0 aliphatic carbocycles. The maximum Gasteiger partial charge on any atom is 0.264 e. The van der Waals surface area contributed by atoms with Gasteiger partial charge in [0.15, 0.2) is 5.65 Å². The molecule has 1 aliphatic rings. The van der Waals surface area contributed by atoms with Crippen molar-refractivity contribution >= 4 is 16.9 Å². The lowest BCUT2D eigenvalue weighted by atomic mass is 9.90. The molecule has 1 aromatic carbocycles. The number of hydrogen-bond acceptors (Lipinski definition) is 4. The van der Waals surface area contributed by atoms with Gasteiger partial charge in [0.25, 0.3) is 6.43 Å². The highest BCUT2D eigenvalue weighted by Gasteiger charge is 2.26. The molecule has 0 bridgehead atoms. The maximum atomic E-state index is 14.0. The van der Waals surface area contributed by atoms with Gasteiger partial charge >= 0.3 is 0 Å². The number of aromatic nitrogens is 5. The van der Waals surface area contributed by atoms with Crippen LogP contribution in [0.25, 0.3) is 22.3 Å². The molecule has 1 fully saturated rings. The highest BCUT2D eigenvalue weighted by Crippen LogP contribution is 2.33. The van der Waals surface area contributed by atoms with Crippen LogP contribution in [0.1, 0.15) is 36.1 Å². The van der Waals surface area contributed by atoms with Crippen molar-refractivity contribution in [3.8, 4) is 11.3 Å². The molecule has 9 heteroatoms. The minimum atomic E-state index is -2.69. The monoisotopic (exact) mass is 478 g/mol. The largest absolute Gasteiger partial charge is 0.341 e. The van der Waals surface area contributed by atoms with Crippen LogP contribution in [0.2, 0.25) is 0 Å². The molecule has 0 saturated carbocycles. The summed E-state index contributed by atoms with van der Waals surface area (Å²) in [4.78, 5) is 19.6. The van der Waals surface area contributed by atoms with Crippen molar-refractivity contribution in [3.05, 3.63) is 65.6 Å². The van der Waals surface area contributed by atoms with Crippen molar-refractivity contribution in [2.24, 2.45) is 13.0 Å². The van der Waals surface area contributed by atoms with Gasteiger partial charge in [-0.15, -0.1) is 0 Å². The van der Waals surface area contributed by atoms with Gasteiger partial charge in [0, 0.05) is 37.5 Å². The molecule has 0 atom stereocenters. The molecule has 7 nitrogen and oxygen atoms in total. The standard InChI is InChI=1S/C26H28F2N6O/c1-17-24-21(25(27)28)13-22(20-14-29-32(2)15-20)30-26(24)34(31-17)16-23(35)33-10-8-19(9-11-33)12-18-6-4-3-5-7-18/h3-7,13-15,19,25H,8-12,16H2,1-2H3. The molecule has 3 aromatic heterocycles. The molecule has 0 radical (unpaired) electrons. The summed E-state index contributed by atoms with van der Waals surface area (Å²) < 4.78 is 31.0. The average Bonchev–Trinajstić information content (AvgIpc) is 3.42. The number of hydrogen-bond donors (Lipinski definition) is 0. The first-order valence-corrected chi connectivity index (χ1v) is 11.9. The Labute approximate surface area is 202 Å². The molecular weight excluding hydrogens is 450 g/mol. The summed E-state index contributed by atoms with van der Waals surface area (Å²) >= 11 is 0. The second-order valence-electron chi connectivity index (χ2n) is 9.26. The first kappa shape index (κ1) is 23.1. The number of carbonyl (C=O) groups excluding carboxylic acids is 1. The van der Waals surface area contributed by atoms with Crippen LogP contribution < -0.4 is 0 Å². The number of halogens is 2. The fourth-order valence-corrected chi connectivity index (χ4v) is 4.93. The molecular formula is C26H28F2N6O. The molecule has 35 heavy (non-hydrogen) atoms. The van der Waals surface area contributed by atoms with Gasteiger partial charge in [0.2, 0.25) is 5.91 Å². The van der Waals surface area contributed by atoms with Gasteiger partial charge in [0.05, 0.1) is 23.0 Å². The summed E-state index contributed by atoms with van der Waals surface area (Å²) in [5.41, 5.74) is 2.94. The van der Waals surface area contributed by atoms with E-state index >= 15 is 0 Å². The van der Waals surface area contributed by atoms with Crippen LogP contribution >= 0.6 is 0 Å². The second kappa shape index (κ2) is 9.56. The smallest absolute Gasteiger partial charge is 0.264 e. The number of likely N-dealkylation sites (tertiary alicyclic amines) is 1. The van der Waals surface area contributed by atoms with Crippen molar-refractivity contribution in [3.63, 3.8) is 0 Å². The summed E-state index contributed by atoms with van der Waals surface area (Å²) in [5.74, 6) is 0.478. The topological polar surface area (TPSA) is 68.8 Å². The van der Waals surface area contributed by atoms with Crippen LogP contribution in [0, 0.1) is 12.8 Å². The molecule has 1 saturated heterocycles. The van der Waals surface area contributed by atoms with E-state index < -0.39 is 6.43 Å². The predicted molar refractivity (Wildman–Crippen MR) is 129 cm³/mol. The lowest BCUT2D eigenvalue weighted by molar-refractivity contribution is -0.133. The van der Waals surface area contributed by atoms with Crippen molar-refractivity contribution in [2.45, 2.75) is 39.2 Å².